The third kappa shape index (κ3) is 2.13. The van der Waals surface area contributed by atoms with Crippen LogP contribution in [0.15, 0.2) is 18.2 Å². The van der Waals surface area contributed by atoms with Crippen LogP contribution >= 0.6 is 23.2 Å². The number of rotatable bonds is 2. The second-order valence-corrected chi connectivity index (χ2v) is 5.65. The lowest BCUT2D eigenvalue weighted by Crippen LogP contribution is -2.29. The first-order valence-electron chi connectivity index (χ1n) is 6.24. The van der Waals surface area contributed by atoms with Gasteiger partial charge in [0.25, 0.3) is 11.7 Å². The van der Waals surface area contributed by atoms with Crippen LogP contribution < -0.4 is 4.90 Å². The van der Waals surface area contributed by atoms with Crippen molar-refractivity contribution in [2.24, 2.45) is 7.05 Å². The lowest BCUT2D eigenvalue weighted by molar-refractivity contribution is -0.114. The number of nitrogens with zero attached hydrogens (tertiary/aromatic N) is 3. The molecular formula is C14H11Cl2N3O2. The molecule has 3 rings (SSSR count). The highest BCUT2D eigenvalue weighted by Gasteiger charge is 2.36. The fourth-order valence-corrected chi connectivity index (χ4v) is 2.84. The number of halogens is 2. The van der Waals surface area contributed by atoms with Crippen molar-refractivity contribution in [1.29, 1.82) is 0 Å². The van der Waals surface area contributed by atoms with Gasteiger partial charge in [0.2, 0.25) is 0 Å². The summed E-state index contributed by atoms with van der Waals surface area (Å²) in [6.07, 6.45) is 0. The molecule has 0 radical (unpaired) electrons. The summed E-state index contributed by atoms with van der Waals surface area (Å²) >= 11 is 12.1. The summed E-state index contributed by atoms with van der Waals surface area (Å²) in [5.74, 6) is -1.11. The second-order valence-electron chi connectivity index (χ2n) is 4.86. The minimum atomic E-state index is -0.577. The molecule has 0 spiro atoms. The van der Waals surface area contributed by atoms with Crippen molar-refractivity contribution in [2.75, 3.05) is 4.90 Å². The molecule has 1 aliphatic heterocycles. The number of ketones is 1. The number of hydrogen-bond acceptors (Lipinski definition) is 3. The van der Waals surface area contributed by atoms with Gasteiger partial charge in [-0.2, -0.15) is 5.10 Å². The summed E-state index contributed by atoms with van der Waals surface area (Å²) in [6.45, 7) is 2.00. The van der Waals surface area contributed by atoms with Crippen LogP contribution in [0.2, 0.25) is 10.2 Å². The fourth-order valence-electron chi connectivity index (χ4n) is 2.44. The van der Waals surface area contributed by atoms with E-state index in [0.29, 0.717) is 27.0 Å². The number of aryl methyl sites for hydroxylation is 2. The van der Waals surface area contributed by atoms with E-state index in [9.17, 15) is 9.59 Å². The maximum Gasteiger partial charge on any atom is 0.299 e. The maximum atomic E-state index is 12.2. The Kier molecular flexibility index (Phi) is 3.26. The summed E-state index contributed by atoms with van der Waals surface area (Å²) < 4.78 is 1.54. The SMILES string of the molecule is Cc1nn(C)c(Cl)c1CN1C(=O)C(=O)c2ccc(Cl)cc21. The molecule has 21 heavy (non-hydrogen) atoms. The van der Waals surface area contributed by atoms with Gasteiger partial charge in [0.05, 0.1) is 23.5 Å². The Labute approximate surface area is 131 Å². The predicted octanol–water partition coefficient (Wildman–Crippen LogP) is 2.76. The number of anilines is 1. The molecule has 0 unspecified atom stereocenters. The minimum absolute atomic E-state index is 0.191. The number of Topliss-reactive ketones (excluding diaryl/α,β-unsaturated/α-hetero) is 1. The van der Waals surface area contributed by atoms with Crippen molar-refractivity contribution >= 4 is 40.6 Å². The van der Waals surface area contributed by atoms with Crippen LogP contribution in [-0.2, 0) is 18.4 Å². The van der Waals surface area contributed by atoms with Crippen molar-refractivity contribution in [3.63, 3.8) is 0 Å². The Balaban J connectivity index is 2.06. The monoisotopic (exact) mass is 323 g/mol. The molecule has 0 fully saturated rings. The first-order valence-corrected chi connectivity index (χ1v) is 6.99. The second kappa shape index (κ2) is 4.86. The summed E-state index contributed by atoms with van der Waals surface area (Å²) in [4.78, 5) is 25.6. The van der Waals surface area contributed by atoms with Crippen LogP contribution in [0.4, 0.5) is 5.69 Å². The number of benzene rings is 1. The largest absolute Gasteiger partial charge is 0.300 e. The van der Waals surface area contributed by atoms with E-state index >= 15 is 0 Å². The standard InChI is InChI=1S/C14H11Cl2N3O2/c1-7-10(13(16)18(2)17-7)6-19-11-5-8(15)3-4-9(11)12(20)14(19)21/h3-5H,6H2,1-2H3. The van der Waals surface area contributed by atoms with Crippen LogP contribution in [0.3, 0.4) is 0 Å². The van der Waals surface area contributed by atoms with E-state index in [-0.39, 0.29) is 6.54 Å². The molecule has 2 aromatic rings. The Morgan fingerprint density at radius 3 is 2.57 bits per heavy atom. The van der Waals surface area contributed by atoms with Crippen LogP contribution in [0, 0.1) is 6.92 Å². The Bertz CT molecular complexity index is 783. The molecule has 1 aromatic carbocycles. The Hall–Kier alpha value is -1.85. The highest BCUT2D eigenvalue weighted by molar-refractivity contribution is 6.52. The smallest absolute Gasteiger partial charge is 0.299 e. The molecule has 0 bridgehead atoms. The van der Waals surface area contributed by atoms with E-state index in [2.05, 4.69) is 5.10 Å². The number of carbonyl (C=O) groups excluding carboxylic acids is 2. The lowest BCUT2D eigenvalue weighted by atomic mass is 10.1. The van der Waals surface area contributed by atoms with Gasteiger partial charge in [-0.1, -0.05) is 23.2 Å². The molecule has 0 saturated carbocycles. The van der Waals surface area contributed by atoms with Gasteiger partial charge >= 0.3 is 0 Å². The van der Waals surface area contributed by atoms with Crippen molar-refractivity contribution in [3.8, 4) is 0 Å². The van der Waals surface area contributed by atoms with Crippen LogP contribution in [0.25, 0.3) is 0 Å². The van der Waals surface area contributed by atoms with Crippen molar-refractivity contribution < 1.29 is 9.59 Å². The molecule has 2 heterocycles. The predicted molar refractivity (Wildman–Crippen MR) is 79.9 cm³/mol. The molecule has 0 aliphatic carbocycles. The molecule has 0 saturated heterocycles. The van der Waals surface area contributed by atoms with Gasteiger partial charge in [0.15, 0.2) is 0 Å². The van der Waals surface area contributed by atoms with Crippen molar-refractivity contribution in [1.82, 2.24) is 9.78 Å². The number of hydrogen-bond donors (Lipinski definition) is 0. The van der Waals surface area contributed by atoms with E-state index in [1.807, 2.05) is 6.92 Å². The molecular weight excluding hydrogens is 313 g/mol. The summed E-state index contributed by atoms with van der Waals surface area (Å²) in [7, 11) is 1.72. The molecule has 1 aliphatic rings. The third-order valence-corrected chi connectivity index (χ3v) is 4.23. The lowest BCUT2D eigenvalue weighted by Gasteiger charge is -2.16. The van der Waals surface area contributed by atoms with Gasteiger partial charge in [0, 0.05) is 17.6 Å². The average molecular weight is 324 g/mol. The fraction of sp³-hybridized carbons (Fsp3) is 0.214. The van der Waals surface area contributed by atoms with E-state index < -0.39 is 11.7 Å². The number of aromatic nitrogens is 2. The Morgan fingerprint density at radius 2 is 1.95 bits per heavy atom. The number of fused-ring (bicyclic) bond motifs is 1. The zero-order valence-corrected chi connectivity index (χ0v) is 12.9. The zero-order valence-electron chi connectivity index (χ0n) is 11.4. The van der Waals surface area contributed by atoms with Gasteiger partial charge in [-0.05, 0) is 25.1 Å². The van der Waals surface area contributed by atoms with E-state index in [0.717, 1.165) is 5.69 Å². The minimum Gasteiger partial charge on any atom is -0.300 e. The quantitative estimate of drug-likeness (QED) is 0.798. The van der Waals surface area contributed by atoms with E-state index in [4.69, 9.17) is 23.2 Å². The molecule has 5 nitrogen and oxygen atoms in total. The van der Waals surface area contributed by atoms with E-state index in [1.54, 1.807) is 25.2 Å². The number of amides is 1. The zero-order chi connectivity index (χ0) is 15.3. The molecule has 1 aromatic heterocycles. The highest BCUT2D eigenvalue weighted by Crippen LogP contribution is 2.34. The van der Waals surface area contributed by atoms with Crippen molar-refractivity contribution in [3.05, 3.63) is 45.2 Å². The maximum absolute atomic E-state index is 12.2. The van der Waals surface area contributed by atoms with Gasteiger partial charge in [-0.3, -0.25) is 14.3 Å². The molecule has 1 amide bonds. The molecule has 0 atom stereocenters. The third-order valence-electron chi connectivity index (χ3n) is 3.52. The van der Waals surface area contributed by atoms with Crippen LogP contribution in [-0.4, -0.2) is 21.5 Å². The van der Waals surface area contributed by atoms with Gasteiger partial charge in [-0.15, -0.1) is 0 Å². The molecule has 108 valence electrons. The summed E-state index contributed by atoms with van der Waals surface area (Å²) in [5.41, 5.74) is 2.31. The van der Waals surface area contributed by atoms with Crippen LogP contribution in [0.1, 0.15) is 21.6 Å². The van der Waals surface area contributed by atoms with Gasteiger partial charge < -0.3 is 4.90 Å². The van der Waals surface area contributed by atoms with Crippen LogP contribution in [0.5, 0.6) is 0 Å². The van der Waals surface area contributed by atoms with Crippen molar-refractivity contribution in [2.45, 2.75) is 13.5 Å². The first kappa shape index (κ1) is 14.1. The first-order chi connectivity index (χ1) is 9.90. The summed E-state index contributed by atoms with van der Waals surface area (Å²) in [6, 6.07) is 4.77. The normalized spacial score (nSPS) is 14.0. The highest BCUT2D eigenvalue weighted by atomic mass is 35.5. The molecule has 7 heteroatoms. The number of carbonyl (C=O) groups is 2. The topological polar surface area (TPSA) is 55.2 Å². The van der Waals surface area contributed by atoms with E-state index in [1.165, 1.54) is 9.58 Å². The average Bonchev–Trinajstić information content (AvgIpc) is 2.81. The summed E-state index contributed by atoms with van der Waals surface area (Å²) in [5, 5.41) is 5.12. The van der Waals surface area contributed by atoms with Gasteiger partial charge in [-0.25, -0.2) is 0 Å². The Morgan fingerprint density at radius 1 is 1.24 bits per heavy atom. The molecule has 0 N–H and O–H groups in total. The van der Waals surface area contributed by atoms with Gasteiger partial charge in [0.1, 0.15) is 5.15 Å².